The van der Waals surface area contributed by atoms with E-state index in [0.29, 0.717) is 5.56 Å². The maximum atomic E-state index is 9.54. The van der Waals surface area contributed by atoms with Crippen LogP contribution in [-0.4, -0.2) is 18.6 Å². The summed E-state index contributed by atoms with van der Waals surface area (Å²) in [5.74, 6) is 1.68. The summed E-state index contributed by atoms with van der Waals surface area (Å²) in [5.41, 5.74) is 3.89. The van der Waals surface area contributed by atoms with E-state index in [0.717, 1.165) is 42.2 Å². The molecule has 0 spiro atoms. The molecule has 0 saturated carbocycles. The van der Waals surface area contributed by atoms with E-state index in [1.54, 1.807) is 7.11 Å². The van der Waals surface area contributed by atoms with Crippen molar-refractivity contribution in [1.29, 1.82) is 5.26 Å². The Morgan fingerprint density at radius 3 is 2.65 bits per heavy atom. The van der Waals surface area contributed by atoms with E-state index in [9.17, 15) is 5.26 Å². The van der Waals surface area contributed by atoms with Crippen molar-refractivity contribution in [3.63, 3.8) is 0 Å². The molecule has 4 nitrogen and oxygen atoms in total. The lowest BCUT2D eigenvalue weighted by molar-refractivity contribution is 0.414. The van der Waals surface area contributed by atoms with E-state index in [1.807, 2.05) is 32.0 Å². The molecule has 1 aliphatic rings. The van der Waals surface area contributed by atoms with Gasteiger partial charge in [0.1, 0.15) is 17.6 Å². The van der Waals surface area contributed by atoms with E-state index in [2.05, 4.69) is 28.1 Å². The molecule has 0 radical (unpaired) electrons. The molecule has 1 saturated heterocycles. The van der Waals surface area contributed by atoms with Crippen LogP contribution >= 0.6 is 0 Å². The van der Waals surface area contributed by atoms with Crippen molar-refractivity contribution in [2.75, 3.05) is 18.6 Å². The Balaban J connectivity index is 2.00. The third-order valence-corrected chi connectivity index (χ3v) is 4.46. The summed E-state index contributed by atoms with van der Waals surface area (Å²) >= 11 is 0. The van der Waals surface area contributed by atoms with Gasteiger partial charge in [-0.05, 0) is 56.0 Å². The monoisotopic (exact) mass is 307 g/mol. The predicted octanol–water partition coefficient (Wildman–Crippen LogP) is 3.92. The lowest BCUT2D eigenvalue weighted by atomic mass is 10.0. The highest BCUT2D eigenvalue weighted by Crippen LogP contribution is 2.37. The molecule has 1 fully saturated rings. The minimum absolute atomic E-state index is 0.265. The van der Waals surface area contributed by atoms with Crippen LogP contribution in [-0.2, 0) is 0 Å². The molecule has 0 aliphatic carbocycles. The van der Waals surface area contributed by atoms with Crippen LogP contribution in [0.1, 0.15) is 41.3 Å². The van der Waals surface area contributed by atoms with Crippen LogP contribution in [0.25, 0.3) is 0 Å². The van der Waals surface area contributed by atoms with Crippen LogP contribution < -0.4 is 9.64 Å². The van der Waals surface area contributed by atoms with Crippen LogP contribution in [0, 0.1) is 25.2 Å². The average molecular weight is 307 g/mol. The number of pyridine rings is 1. The fourth-order valence-corrected chi connectivity index (χ4v) is 3.36. The Kier molecular flexibility index (Phi) is 4.20. The summed E-state index contributed by atoms with van der Waals surface area (Å²) in [4.78, 5) is 6.95. The second-order valence-corrected chi connectivity index (χ2v) is 6.02. The van der Waals surface area contributed by atoms with Gasteiger partial charge in [0, 0.05) is 12.2 Å². The van der Waals surface area contributed by atoms with Gasteiger partial charge in [-0.2, -0.15) is 5.26 Å². The molecule has 1 aromatic carbocycles. The average Bonchev–Trinajstić information content (AvgIpc) is 3.03. The highest BCUT2D eigenvalue weighted by atomic mass is 16.5. The molecule has 1 aromatic heterocycles. The molecule has 0 N–H and O–H groups in total. The topological polar surface area (TPSA) is 49.1 Å². The van der Waals surface area contributed by atoms with Crippen molar-refractivity contribution in [3.8, 4) is 11.8 Å². The molecule has 4 heteroatoms. The van der Waals surface area contributed by atoms with Gasteiger partial charge in [0.05, 0.1) is 18.7 Å². The van der Waals surface area contributed by atoms with Gasteiger partial charge < -0.3 is 9.64 Å². The van der Waals surface area contributed by atoms with Crippen LogP contribution in [0.15, 0.2) is 30.3 Å². The summed E-state index contributed by atoms with van der Waals surface area (Å²) in [5, 5.41) is 9.54. The fourth-order valence-electron chi connectivity index (χ4n) is 3.36. The molecule has 1 aliphatic heterocycles. The smallest absolute Gasteiger partial charge is 0.147 e. The van der Waals surface area contributed by atoms with Crippen molar-refractivity contribution in [3.05, 3.63) is 52.7 Å². The number of hydrogen-bond donors (Lipinski definition) is 0. The SMILES string of the molecule is COc1ccc(C2CCCN2c2nc(C)cc(C)c2C#N)cc1. The van der Waals surface area contributed by atoms with Gasteiger partial charge in [0.15, 0.2) is 0 Å². The summed E-state index contributed by atoms with van der Waals surface area (Å²) < 4.78 is 5.24. The third-order valence-electron chi connectivity index (χ3n) is 4.46. The zero-order chi connectivity index (χ0) is 16.4. The molecular weight excluding hydrogens is 286 g/mol. The number of nitrogens with zero attached hydrogens (tertiary/aromatic N) is 3. The first-order valence-corrected chi connectivity index (χ1v) is 7.93. The molecule has 1 atom stereocenters. The molecule has 23 heavy (non-hydrogen) atoms. The highest BCUT2D eigenvalue weighted by molar-refractivity contribution is 5.60. The molecular formula is C19H21N3O. The Morgan fingerprint density at radius 1 is 1.26 bits per heavy atom. The minimum Gasteiger partial charge on any atom is -0.497 e. The minimum atomic E-state index is 0.265. The lowest BCUT2D eigenvalue weighted by Crippen LogP contribution is -2.25. The number of ether oxygens (including phenoxy) is 1. The van der Waals surface area contributed by atoms with Crippen LogP contribution in [0.4, 0.5) is 5.82 Å². The molecule has 2 aromatic rings. The van der Waals surface area contributed by atoms with E-state index < -0.39 is 0 Å². The number of hydrogen-bond acceptors (Lipinski definition) is 4. The van der Waals surface area contributed by atoms with Crippen LogP contribution in [0.5, 0.6) is 5.75 Å². The fraction of sp³-hybridized carbons (Fsp3) is 0.368. The number of aromatic nitrogens is 1. The molecule has 0 amide bonds. The van der Waals surface area contributed by atoms with Crippen LogP contribution in [0.2, 0.25) is 0 Å². The van der Waals surface area contributed by atoms with Gasteiger partial charge in [-0.15, -0.1) is 0 Å². The summed E-state index contributed by atoms with van der Waals surface area (Å²) in [7, 11) is 1.68. The first-order valence-electron chi connectivity index (χ1n) is 7.93. The Bertz CT molecular complexity index is 746. The van der Waals surface area contributed by atoms with Gasteiger partial charge >= 0.3 is 0 Å². The van der Waals surface area contributed by atoms with Gasteiger partial charge in [-0.1, -0.05) is 12.1 Å². The second kappa shape index (κ2) is 6.29. The van der Waals surface area contributed by atoms with Crippen molar-refractivity contribution >= 4 is 5.82 Å². The molecule has 2 heterocycles. The standard InChI is InChI=1S/C19H21N3O/c1-13-11-14(2)21-19(17(13)12-20)22-10-4-5-18(22)15-6-8-16(23-3)9-7-15/h6-9,11,18H,4-5,10H2,1-3H3. The van der Waals surface area contributed by atoms with E-state index >= 15 is 0 Å². The lowest BCUT2D eigenvalue weighted by Gasteiger charge is -2.27. The molecule has 118 valence electrons. The number of aryl methyl sites for hydroxylation is 2. The Morgan fingerprint density at radius 2 is 2.00 bits per heavy atom. The van der Waals surface area contributed by atoms with E-state index in [-0.39, 0.29) is 6.04 Å². The third kappa shape index (κ3) is 2.87. The first-order chi connectivity index (χ1) is 11.1. The van der Waals surface area contributed by atoms with Crippen molar-refractivity contribution in [2.24, 2.45) is 0 Å². The number of methoxy groups -OCH3 is 1. The summed E-state index contributed by atoms with van der Waals surface area (Å²) in [6, 6.07) is 12.8. The van der Waals surface area contributed by atoms with E-state index in [1.165, 1.54) is 5.56 Å². The second-order valence-electron chi connectivity index (χ2n) is 6.02. The highest BCUT2D eigenvalue weighted by Gasteiger charge is 2.29. The first kappa shape index (κ1) is 15.4. The maximum absolute atomic E-state index is 9.54. The number of nitriles is 1. The number of benzene rings is 1. The van der Waals surface area contributed by atoms with Gasteiger partial charge in [0.2, 0.25) is 0 Å². The Labute approximate surface area is 137 Å². The summed E-state index contributed by atoms with van der Waals surface area (Å²) in [6.45, 7) is 4.90. The zero-order valence-corrected chi connectivity index (χ0v) is 13.8. The largest absolute Gasteiger partial charge is 0.497 e. The predicted molar refractivity (Wildman–Crippen MR) is 90.7 cm³/mol. The van der Waals surface area contributed by atoms with Gasteiger partial charge in [-0.25, -0.2) is 4.98 Å². The van der Waals surface area contributed by atoms with Gasteiger partial charge in [0.25, 0.3) is 0 Å². The quantitative estimate of drug-likeness (QED) is 0.862. The van der Waals surface area contributed by atoms with Crippen molar-refractivity contribution in [2.45, 2.75) is 32.7 Å². The Hall–Kier alpha value is -2.54. The normalized spacial score (nSPS) is 17.1. The van der Waals surface area contributed by atoms with Crippen molar-refractivity contribution < 1.29 is 4.74 Å². The maximum Gasteiger partial charge on any atom is 0.147 e. The van der Waals surface area contributed by atoms with Crippen LogP contribution in [0.3, 0.4) is 0 Å². The zero-order valence-electron chi connectivity index (χ0n) is 13.8. The van der Waals surface area contributed by atoms with E-state index in [4.69, 9.17) is 4.74 Å². The number of anilines is 1. The molecule has 0 bridgehead atoms. The number of rotatable bonds is 3. The summed E-state index contributed by atoms with van der Waals surface area (Å²) in [6.07, 6.45) is 2.18. The molecule has 1 unspecified atom stereocenters. The van der Waals surface area contributed by atoms with Gasteiger partial charge in [-0.3, -0.25) is 0 Å². The van der Waals surface area contributed by atoms with Crippen molar-refractivity contribution in [1.82, 2.24) is 4.98 Å². The molecule has 3 rings (SSSR count).